The SMILES string of the molecule is CC1CC(C)N(C(=O)NC2CCCC2C(=O)O)C1. The Bertz CT molecular complexity index is 345. The number of carbonyl (C=O) groups is 2. The van der Waals surface area contributed by atoms with Crippen molar-refractivity contribution in [2.75, 3.05) is 6.54 Å². The molecular formula is C13H22N2O3. The highest BCUT2D eigenvalue weighted by atomic mass is 16.4. The summed E-state index contributed by atoms with van der Waals surface area (Å²) in [7, 11) is 0. The molecule has 0 aromatic heterocycles. The normalized spacial score (nSPS) is 35.8. The summed E-state index contributed by atoms with van der Waals surface area (Å²) in [6.45, 7) is 4.96. The minimum Gasteiger partial charge on any atom is -0.481 e. The maximum atomic E-state index is 12.1. The predicted octanol–water partition coefficient (Wildman–Crippen LogP) is 1.68. The van der Waals surface area contributed by atoms with Crippen molar-refractivity contribution >= 4 is 12.0 Å². The van der Waals surface area contributed by atoms with Crippen molar-refractivity contribution in [2.24, 2.45) is 11.8 Å². The fraction of sp³-hybridized carbons (Fsp3) is 0.846. The van der Waals surface area contributed by atoms with Gasteiger partial charge in [0.25, 0.3) is 0 Å². The minimum atomic E-state index is -0.791. The summed E-state index contributed by atoms with van der Waals surface area (Å²) in [5.74, 6) is -0.672. The highest BCUT2D eigenvalue weighted by Gasteiger charge is 2.36. The fourth-order valence-corrected chi connectivity index (χ4v) is 3.25. The van der Waals surface area contributed by atoms with Crippen LogP contribution < -0.4 is 5.32 Å². The van der Waals surface area contributed by atoms with Crippen LogP contribution in [0.5, 0.6) is 0 Å². The molecule has 2 aliphatic rings. The average molecular weight is 254 g/mol. The van der Waals surface area contributed by atoms with Crippen molar-refractivity contribution in [3.05, 3.63) is 0 Å². The van der Waals surface area contributed by atoms with E-state index in [0.29, 0.717) is 12.3 Å². The molecular weight excluding hydrogens is 232 g/mol. The van der Waals surface area contributed by atoms with Gasteiger partial charge < -0.3 is 15.3 Å². The summed E-state index contributed by atoms with van der Waals surface area (Å²) < 4.78 is 0. The molecule has 0 aromatic carbocycles. The van der Waals surface area contributed by atoms with Crippen LogP contribution in [-0.4, -0.2) is 40.6 Å². The number of hydrogen-bond donors (Lipinski definition) is 2. The smallest absolute Gasteiger partial charge is 0.317 e. The second-order valence-corrected chi connectivity index (χ2v) is 5.77. The molecule has 4 atom stereocenters. The third-order valence-corrected chi connectivity index (χ3v) is 4.19. The quantitative estimate of drug-likeness (QED) is 0.787. The summed E-state index contributed by atoms with van der Waals surface area (Å²) in [5, 5.41) is 12.0. The van der Waals surface area contributed by atoms with Gasteiger partial charge in [0, 0.05) is 18.6 Å². The topological polar surface area (TPSA) is 69.6 Å². The van der Waals surface area contributed by atoms with E-state index in [0.717, 1.165) is 25.8 Å². The highest BCUT2D eigenvalue weighted by molar-refractivity contribution is 5.77. The number of carboxylic acid groups (broad SMARTS) is 1. The average Bonchev–Trinajstić information content (AvgIpc) is 2.85. The molecule has 0 radical (unpaired) electrons. The van der Waals surface area contributed by atoms with Crippen molar-refractivity contribution in [1.82, 2.24) is 10.2 Å². The largest absolute Gasteiger partial charge is 0.481 e. The lowest BCUT2D eigenvalue weighted by Crippen LogP contribution is -2.48. The lowest BCUT2D eigenvalue weighted by molar-refractivity contribution is -0.142. The van der Waals surface area contributed by atoms with Crippen molar-refractivity contribution in [3.8, 4) is 0 Å². The number of urea groups is 1. The molecule has 0 aromatic rings. The minimum absolute atomic E-state index is 0.0926. The zero-order valence-corrected chi connectivity index (χ0v) is 11.1. The van der Waals surface area contributed by atoms with Crippen LogP contribution in [0.25, 0.3) is 0 Å². The molecule has 18 heavy (non-hydrogen) atoms. The van der Waals surface area contributed by atoms with Gasteiger partial charge in [0.2, 0.25) is 0 Å². The molecule has 0 spiro atoms. The summed E-state index contributed by atoms with van der Waals surface area (Å²) >= 11 is 0. The van der Waals surface area contributed by atoms with Crippen molar-refractivity contribution in [1.29, 1.82) is 0 Å². The van der Waals surface area contributed by atoms with Gasteiger partial charge in [-0.2, -0.15) is 0 Å². The summed E-state index contributed by atoms with van der Waals surface area (Å²) in [6.07, 6.45) is 3.36. The summed E-state index contributed by atoms with van der Waals surface area (Å²) in [4.78, 5) is 25.0. The molecule has 1 saturated carbocycles. The lowest BCUT2D eigenvalue weighted by Gasteiger charge is -2.26. The lowest BCUT2D eigenvalue weighted by atomic mass is 10.0. The zero-order chi connectivity index (χ0) is 13.3. The first-order valence-electron chi connectivity index (χ1n) is 6.79. The number of aliphatic carboxylic acids is 1. The summed E-state index contributed by atoms with van der Waals surface area (Å²) in [5.41, 5.74) is 0. The number of carboxylic acids is 1. The number of rotatable bonds is 2. The van der Waals surface area contributed by atoms with Gasteiger partial charge in [0.1, 0.15) is 0 Å². The van der Waals surface area contributed by atoms with Gasteiger partial charge in [0.05, 0.1) is 5.92 Å². The van der Waals surface area contributed by atoms with Crippen molar-refractivity contribution in [3.63, 3.8) is 0 Å². The molecule has 2 amide bonds. The zero-order valence-electron chi connectivity index (χ0n) is 11.1. The molecule has 0 bridgehead atoms. The summed E-state index contributed by atoms with van der Waals surface area (Å²) in [6, 6.07) is -0.0345. The number of likely N-dealkylation sites (tertiary alicyclic amines) is 1. The third-order valence-electron chi connectivity index (χ3n) is 4.19. The van der Waals surface area contributed by atoms with E-state index in [1.165, 1.54) is 0 Å². The van der Waals surface area contributed by atoms with Gasteiger partial charge >= 0.3 is 12.0 Å². The molecule has 4 unspecified atom stereocenters. The second kappa shape index (κ2) is 5.16. The first kappa shape index (κ1) is 13.2. The second-order valence-electron chi connectivity index (χ2n) is 5.77. The number of hydrogen-bond acceptors (Lipinski definition) is 2. The first-order valence-corrected chi connectivity index (χ1v) is 6.79. The molecule has 1 aliphatic heterocycles. The van der Waals surface area contributed by atoms with Gasteiger partial charge in [-0.15, -0.1) is 0 Å². The molecule has 102 valence electrons. The predicted molar refractivity (Wildman–Crippen MR) is 67.2 cm³/mol. The van der Waals surface area contributed by atoms with Crippen molar-refractivity contribution < 1.29 is 14.7 Å². The van der Waals surface area contributed by atoms with Crippen LogP contribution in [0.2, 0.25) is 0 Å². The third kappa shape index (κ3) is 2.60. The van der Waals surface area contributed by atoms with Gasteiger partial charge in [-0.1, -0.05) is 13.3 Å². The Labute approximate surface area is 108 Å². The van der Waals surface area contributed by atoms with Crippen LogP contribution in [0.3, 0.4) is 0 Å². The van der Waals surface area contributed by atoms with Gasteiger partial charge in [-0.25, -0.2) is 4.79 Å². The Morgan fingerprint density at radius 1 is 1.28 bits per heavy atom. The van der Waals surface area contributed by atoms with Crippen molar-refractivity contribution in [2.45, 2.75) is 51.6 Å². The standard InChI is InChI=1S/C13H22N2O3/c1-8-6-9(2)15(7-8)13(18)14-11-5-3-4-10(11)12(16)17/h8-11H,3-7H2,1-2H3,(H,14,18)(H,16,17). The highest BCUT2D eigenvalue weighted by Crippen LogP contribution is 2.27. The van der Waals surface area contributed by atoms with E-state index in [-0.39, 0.29) is 18.1 Å². The molecule has 5 nitrogen and oxygen atoms in total. The molecule has 5 heteroatoms. The van der Waals surface area contributed by atoms with E-state index in [4.69, 9.17) is 5.11 Å². The van der Waals surface area contributed by atoms with Crippen LogP contribution >= 0.6 is 0 Å². The first-order chi connectivity index (χ1) is 8.49. The Kier molecular flexibility index (Phi) is 3.78. The van der Waals surface area contributed by atoms with E-state index >= 15 is 0 Å². The Balaban J connectivity index is 1.93. The monoisotopic (exact) mass is 254 g/mol. The van der Waals surface area contributed by atoms with E-state index < -0.39 is 11.9 Å². The van der Waals surface area contributed by atoms with Crippen LogP contribution in [0, 0.1) is 11.8 Å². The Morgan fingerprint density at radius 3 is 2.56 bits per heavy atom. The number of nitrogens with one attached hydrogen (secondary N) is 1. The maximum Gasteiger partial charge on any atom is 0.317 e. The molecule has 2 fully saturated rings. The molecule has 1 saturated heterocycles. The van der Waals surface area contributed by atoms with Crippen LogP contribution in [0.4, 0.5) is 4.79 Å². The van der Waals surface area contributed by atoms with Crippen LogP contribution in [0.1, 0.15) is 39.5 Å². The maximum absolute atomic E-state index is 12.1. The van der Waals surface area contributed by atoms with Gasteiger partial charge in [-0.05, 0) is 32.1 Å². The Morgan fingerprint density at radius 2 is 2.00 bits per heavy atom. The van der Waals surface area contributed by atoms with E-state index in [1.807, 2.05) is 11.8 Å². The molecule has 2 N–H and O–H groups in total. The van der Waals surface area contributed by atoms with E-state index in [9.17, 15) is 9.59 Å². The number of nitrogens with zero attached hydrogens (tertiary/aromatic N) is 1. The van der Waals surface area contributed by atoms with Gasteiger partial charge in [-0.3, -0.25) is 4.79 Å². The van der Waals surface area contributed by atoms with E-state index in [1.54, 1.807) is 0 Å². The number of amides is 2. The van der Waals surface area contributed by atoms with Crippen LogP contribution in [0.15, 0.2) is 0 Å². The van der Waals surface area contributed by atoms with Gasteiger partial charge in [0.15, 0.2) is 0 Å². The number of carbonyl (C=O) groups excluding carboxylic acids is 1. The van der Waals surface area contributed by atoms with Crippen LogP contribution in [-0.2, 0) is 4.79 Å². The molecule has 1 heterocycles. The molecule has 1 aliphatic carbocycles. The van der Waals surface area contributed by atoms with E-state index in [2.05, 4.69) is 12.2 Å². The fourth-order valence-electron chi connectivity index (χ4n) is 3.25. The Hall–Kier alpha value is -1.26. The molecule has 2 rings (SSSR count).